The average molecular weight is 287 g/mol. The van der Waals surface area contributed by atoms with Gasteiger partial charge in [-0.2, -0.15) is 0 Å². The summed E-state index contributed by atoms with van der Waals surface area (Å²) in [7, 11) is 0. The Morgan fingerprint density at radius 3 is 2.87 bits per heavy atom. The molecule has 1 unspecified atom stereocenters. The van der Waals surface area contributed by atoms with E-state index in [1.807, 2.05) is 0 Å². The number of alkyl halides is 1. The van der Waals surface area contributed by atoms with Gasteiger partial charge in [0.2, 0.25) is 0 Å². The summed E-state index contributed by atoms with van der Waals surface area (Å²) in [5.74, 6) is -0.234. The van der Waals surface area contributed by atoms with Gasteiger partial charge in [-0.3, -0.25) is 4.79 Å². The minimum Gasteiger partial charge on any atom is -0.292 e. The number of Topliss-reactive ketones (excluding diaryl/α,β-unsaturated/α-hetero) is 1. The number of thiophene rings is 1. The molecule has 0 saturated carbocycles. The molecule has 2 rings (SSSR count). The van der Waals surface area contributed by atoms with Crippen LogP contribution < -0.4 is 0 Å². The van der Waals surface area contributed by atoms with Gasteiger partial charge in [0.05, 0.1) is 9.70 Å². The molecule has 0 aliphatic carbocycles. The first-order valence-corrected chi connectivity index (χ1v) is 6.18. The molecule has 2 aromatic rings. The molecule has 0 bridgehead atoms. The first-order chi connectivity index (χ1) is 7.08. The van der Waals surface area contributed by atoms with Crippen LogP contribution >= 0.6 is 27.3 Å². The van der Waals surface area contributed by atoms with Crippen LogP contribution in [0.15, 0.2) is 24.3 Å². The second-order valence-electron chi connectivity index (χ2n) is 3.27. The van der Waals surface area contributed by atoms with E-state index in [-0.39, 0.29) is 16.4 Å². The Bertz CT molecular complexity index is 518. The van der Waals surface area contributed by atoms with Crippen molar-refractivity contribution in [3.63, 3.8) is 0 Å². The molecule has 0 aliphatic heterocycles. The molecule has 0 radical (unpaired) electrons. The number of rotatable bonds is 2. The van der Waals surface area contributed by atoms with Gasteiger partial charge in [0.25, 0.3) is 0 Å². The number of carbonyl (C=O) groups is 1. The Labute approximate surface area is 99.0 Å². The van der Waals surface area contributed by atoms with Crippen LogP contribution in [0.4, 0.5) is 4.39 Å². The van der Waals surface area contributed by atoms with Crippen molar-refractivity contribution < 1.29 is 9.18 Å². The summed E-state index contributed by atoms with van der Waals surface area (Å²) in [5, 5.41) is 0.788. The number of hydrogen-bond donors (Lipinski definition) is 0. The molecule has 0 aliphatic rings. The lowest BCUT2D eigenvalue weighted by molar-refractivity contribution is 0.1000. The molecule has 4 heteroatoms. The summed E-state index contributed by atoms with van der Waals surface area (Å²) in [4.78, 5) is 12.1. The molecule has 0 amide bonds. The quantitative estimate of drug-likeness (QED) is 0.602. The van der Waals surface area contributed by atoms with Crippen LogP contribution in [0.5, 0.6) is 0 Å². The Balaban J connectivity index is 2.52. The minimum absolute atomic E-state index is 0.0385. The lowest BCUT2D eigenvalue weighted by Gasteiger charge is -1.96. The fraction of sp³-hybridized carbons (Fsp3) is 0.182. The zero-order valence-corrected chi connectivity index (χ0v) is 10.4. The lowest BCUT2D eigenvalue weighted by Crippen LogP contribution is -2.07. The standard InChI is InChI=1S/C11H8BrFOS/c1-6(12)11(14)10-5-7-4-8(13)2-3-9(7)15-10/h2-6H,1H3. The fourth-order valence-electron chi connectivity index (χ4n) is 1.33. The van der Waals surface area contributed by atoms with E-state index in [4.69, 9.17) is 0 Å². The Kier molecular flexibility index (Phi) is 2.89. The zero-order chi connectivity index (χ0) is 11.0. The predicted molar refractivity (Wildman–Crippen MR) is 64.5 cm³/mol. The van der Waals surface area contributed by atoms with Crippen LogP contribution in [0, 0.1) is 5.82 Å². The van der Waals surface area contributed by atoms with Crippen molar-refractivity contribution >= 4 is 43.1 Å². The molecule has 1 atom stereocenters. The SMILES string of the molecule is CC(Br)C(=O)c1cc2cc(F)ccc2s1. The highest BCUT2D eigenvalue weighted by molar-refractivity contribution is 9.10. The number of carbonyl (C=O) groups excluding carboxylic acids is 1. The van der Waals surface area contributed by atoms with Crippen molar-refractivity contribution in [2.45, 2.75) is 11.8 Å². The molecule has 78 valence electrons. The highest BCUT2D eigenvalue weighted by Crippen LogP contribution is 2.27. The zero-order valence-electron chi connectivity index (χ0n) is 7.96. The maximum Gasteiger partial charge on any atom is 0.186 e. The van der Waals surface area contributed by atoms with E-state index < -0.39 is 0 Å². The van der Waals surface area contributed by atoms with E-state index in [0.717, 1.165) is 10.1 Å². The van der Waals surface area contributed by atoms with Crippen LogP contribution in [-0.4, -0.2) is 10.6 Å². The van der Waals surface area contributed by atoms with E-state index in [1.54, 1.807) is 19.1 Å². The average Bonchev–Trinajstić information content (AvgIpc) is 2.58. The van der Waals surface area contributed by atoms with Gasteiger partial charge in [-0.25, -0.2) is 4.39 Å². The highest BCUT2D eigenvalue weighted by atomic mass is 79.9. The van der Waals surface area contributed by atoms with E-state index in [2.05, 4.69) is 15.9 Å². The Morgan fingerprint density at radius 2 is 2.20 bits per heavy atom. The van der Waals surface area contributed by atoms with Gasteiger partial charge in [0, 0.05) is 4.70 Å². The van der Waals surface area contributed by atoms with Crippen LogP contribution in [0.3, 0.4) is 0 Å². The summed E-state index contributed by atoms with van der Waals surface area (Å²) in [6.07, 6.45) is 0. The van der Waals surface area contributed by atoms with E-state index in [9.17, 15) is 9.18 Å². The van der Waals surface area contributed by atoms with Crippen molar-refractivity contribution in [1.82, 2.24) is 0 Å². The Hall–Kier alpha value is -0.740. The number of halogens is 2. The molecule has 0 saturated heterocycles. The van der Waals surface area contributed by atoms with Gasteiger partial charge in [-0.05, 0) is 36.6 Å². The van der Waals surface area contributed by atoms with Gasteiger partial charge in [0.1, 0.15) is 5.82 Å². The second-order valence-corrected chi connectivity index (χ2v) is 5.73. The van der Waals surface area contributed by atoms with Crippen molar-refractivity contribution in [2.75, 3.05) is 0 Å². The predicted octanol–water partition coefficient (Wildman–Crippen LogP) is 4.01. The number of hydrogen-bond acceptors (Lipinski definition) is 2. The van der Waals surface area contributed by atoms with Gasteiger partial charge in [0.15, 0.2) is 5.78 Å². The third kappa shape index (κ3) is 2.11. The largest absolute Gasteiger partial charge is 0.292 e. The first kappa shape index (κ1) is 10.8. The van der Waals surface area contributed by atoms with Crippen molar-refractivity contribution in [2.24, 2.45) is 0 Å². The number of ketones is 1. The maximum atomic E-state index is 12.9. The Morgan fingerprint density at radius 1 is 1.47 bits per heavy atom. The van der Waals surface area contributed by atoms with Gasteiger partial charge >= 0.3 is 0 Å². The second kappa shape index (κ2) is 4.02. The molecule has 1 heterocycles. The lowest BCUT2D eigenvalue weighted by atomic mass is 10.2. The van der Waals surface area contributed by atoms with Crippen molar-refractivity contribution in [3.8, 4) is 0 Å². The van der Waals surface area contributed by atoms with Crippen LogP contribution in [0.2, 0.25) is 0 Å². The van der Waals surface area contributed by atoms with Crippen molar-refractivity contribution in [1.29, 1.82) is 0 Å². The topological polar surface area (TPSA) is 17.1 Å². The van der Waals surface area contributed by atoms with Gasteiger partial charge < -0.3 is 0 Å². The summed E-state index contributed by atoms with van der Waals surface area (Å²) in [6, 6.07) is 6.29. The summed E-state index contributed by atoms with van der Waals surface area (Å²) in [6.45, 7) is 1.79. The fourth-order valence-corrected chi connectivity index (χ4v) is 2.80. The number of fused-ring (bicyclic) bond motifs is 1. The molecule has 1 nitrogen and oxygen atoms in total. The highest BCUT2D eigenvalue weighted by Gasteiger charge is 2.14. The summed E-state index contributed by atoms with van der Waals surface area (Å²) >= 11 is 4.63. The minimum atomic E-state index is -0.272. The number of benzene rings is 1. The summed E-state index contributed by atoms with van der Waals surface area (Å²) in [5.41, 5.74) is 0. The molecule has 1 aromatic heterocycles. The smallest absolute Gasteiger partial charge is 0.186 e. The van der Waals surface area contributed by atoms with E-state index in [1.165, 1.54) is 23.5 Å². The van der Waals surface area contributed by atoms with Crippen molar-refractivity contribution in [3.05, 3.63) is 35.0 Å². The maximum absolute atomic E-state index is 12.9. The normalized spacial score (nSPS) is 13.0. The molecular formula is C11H8BrFOS. The third-order valence-electron chi connectivity index (χ3n) is 2.08. The monoisotopic (exact) mass is 286 g/mol. The molecule has 1 aromatic carbocycles. The van der Waals surface area contributed by atoms with Gasteiger partial charge in [-0.1, -0.05) is 15.9 Å². The van der Waals surface area contributed by atoms with E-state index >= 15 is 0 Å². The molecule has 0 N–H and O–H groups in total. The molecule has 15 heavy (non-hydrogen) atoms. The molecule has 0 spiro atoms. The van der Waals surface area contributed by atoms with E-state index in [0.29, 0.717) is 4.88 Å². The summed E-state index contributed by atoms with van der Waals surface area (Å²) < 4.78 is 13.9. The van der Waals surface area contributed by atoms with Crippen LogP contribution in [-0.2, 0) is 0 Å². The van der Waals surface area contributed by atoms with Crippen LogP contribution in [0.25, 0.3) is 10.1 Å². The van der Waals surface area contributed by atoms with Crippen LogP contribution in [0.1, 0.15) is 16.6 Å². The first-order valence-electron chi connectivity index (χ1n) is 4.45. The molecule has 0 fully saturated rings. The third-order valence-corrected chi connectivity index (χ3v) is 3.63. The molecular weight excluding hydrogens is 279 g/mol. The van der Waals surface area contributed by atoms with Gasteiger partial charge in [-0.15, -0.1) is 11.3 Å².